The third kappa shape index (κ3) is 5.51. The Kier molecular flexibility index (Phi) is 7.04. The molecular weight excluding hydrogens is 482 g/mol. The molecule has 1 aromatic heterocycles. The highest BCUT2D eigenvalue weighted by atomic mass is 35.5. The molecule has 0 spiro atoms. The molecule has 162 valence electrons. The van der Waals surface area contributed by atoms with E-state index in [2.05, 4.69) is 20.4 Å². The second-order valence-electron chi connectivity index (χ2n) is 7.33. The summed E-state index contributed by atoms with van der Waals surface area (Å²) in [5.74, 6) is 0.659. The Labute approximate surface area is 199 Å². The quantitative estimate of drug-likeness (QED) is 0.423. The van der Waals surface area contributed by atoms with Crippen LogP contribution in [0.2, 0.25) is 20.1 Å². The smallest absolute Gasteiger partial charge is 0.241 e. The molecule has 1 fully saturated rings. The SMILES string of the molecule is O=C(Nc1cc(Cl)c(Cl)cc1Cl)C1CCCN(Cc2nc(-c3cccc(Cl)c3)no2)C1. The van der Waals surface area contributed by atoms with E-state index in [1.54, 1.807) is 18.2 Å². The molecule has 1 atom stereocenters. The zero-order valence-electron chi connectivity index (χ0n) is 16.2. The molecule has 31 heavy (non-hydrogen) atoms. The van der Waals surface area contributed by atoms with Crippen molar-refractivity contribution in [3.05, 3.63) is 62.4 Å². The number of aromatic nitrogens is 2. The van der Waals surface area contributed by atoms with E-state index in [0.29, 0.717) is 50.6 Å². The van der Waals surface area contributed by atoms with Crippen LogP contribution in [-0.2, 0) is 11.3 Å². The van der Waals surface area contributed by atoms with E-state index in [1.165, 1.54) is 6.07 Å². The zero-order chi connectivity index (χ0) is 22.0. The molecule has 0 radical (unpaired) electrons. The predicted octanol–water partition coefficient (Wildman–Crippen LogP) is 6.20. The maximum atomic E-state index is 12.8. The van der Waals surface area contributed by atoms with Gasteiger partial charge in [0.15, 0.2) is 0 Å². The van der Waals surface area contributed by atoms with Crippen molar-refractivity contribution in [2.24, 2.45) is 5.92 Å². The molecule has 0 saturated carbocycles. The molecule has 0 bridgehead atoms. The third-order valence-corrected chi connectivity index (χ3v) is 6.32. The van der Waals surface area contributed by atoms with Gasteiger partial charge in [-0.05, 0) is 43.7 Å². The predicted molar refractivity (Wildman–Crippen MR) is 123 cm³/mol. The molecule has 1 amide bonds. The first-order chi connectivity index (χ1) is 14.9. The van der Waals surface area contributed by atoms with Gasteiger partial charge in [-0.15, -0.1) is 0 Å². The Morgan fingerprint density at radius 1 is 1.13 bits per heavy atom. The fraction of sp³-hybridized carbons (Fsp3) is 0.286. The lowest BCUT2D eigenvalue weighted by Crippen LogP contribution is -2.40. The summed E-state index contributed by atoms with van der Waals surface area (Å²) in [6.07, 6.45) is 1.65. The number of halogens is 4. The molecular formula is C21H18Cl4N4O2. The van der Waals surface area contributed by atoms with Crippen LogP contribution >= 0.6 is 46.4 Å². The number of amides is 1. The minimum absolute atomic E-state index is 0.116. The standard InChI is InChI=1S/C21H18Cl4N4O2/c22-14-5-1-3-12(7-14)20-27-19(31-28-20)11-29-6-2-4-13(10-29)21(30)26-18-9-16(24)15(23)8-17(18)25/h1,3,5,7-9,13H,2,4,6,10-11H2,(H,26,30). The Morgan fingerprint density at radius 2 is 1.94 bits per heavy atom. The molecule has 4 rings (SSSR count). The van der Waals surface area contributed by atoms with Crippen LogP contribution < -0.4 is 5.32 Å². The van der Waals surface area contributed by atoms with E-state index >= 15 is 0 Å². The fourth-order valence-corrected chi connectivity index (χ4v) is 4.31. The Hall–Kier alpha value is -1.83. The van der Waals surface area contributed by atoms with Crippen LogP contribution in [0.5, 0.6) is 0 Å². The first-order valence-electron chi connectivity index (χ1n) is 9.65. The zero-order valence-corrected chi connectivity index (χ0v) is 19.3. The van der Waals surface area contributed by atoms with Gasteiger partial charge >= 0.3 is 0 Å². The second kappa shape index (κ2) is 9.76. The van der Waals surface area contributed by atoms with Gasteiger partial charge in [-0.3, -0.25) is 9.69 Å². The number of anilines is 1. The van der Waals surface area contributed by atoms with Gasteiger partial charge in [0.25, 0.3) is 0 Å². The molecule has 3 aromatic rings. The number of nitrogens with one attached hydrogen (secondary N) is 1. The third-order valence-electron chi connectivity index (χ3n) is 5.05. The number of hydrogen-bond acceptors (Lipinski definition) is 5. The van der Waals surface area contributed by atoms with Crippen molar-refractivity contribution in [2.45, 2.75) is 19.4 Å². The number of piperidine rings is 1. The molecule has 2 aromatic carbocycles. The van der Waals surface area contributed by atoms with Crippen LogP contribution in [0.1, 0.15) is 18.7 Å². The number of rotatable bonds is 5. The summed E-state index contributed by atoms with van der Waals surface area (Å²) in [5.41, 5.74) is 1.23. The molecule has 0 aliphatic carbocycles. The molecule has 6 nitrogen and oxygen atoms in total. The minimum Gasteiger partial charge on any atom is -0.338 e. The molecule has 2 heterocycles. The largest absolute Gasteiger partial charge is 0.338 e. The molecule has 1 saturated heterocycles. The van der Waals surface area contributed by atoms with Gasteiger partial charge < -0.3 is 9.84 Å². The van der Waals surface area contributed by atoms with Crippen molar-refractivity contribution < 1.29 is 9.32 Å². The van der Waals surface area contributed by atoms with Crippen molar-refractivity contribution in [1.29, 1.82) is 0 Å². The lowest BCUT2D eigenvalue weighted by molar-refractivity contribution is -0.121. The summed E-state index contributed by atoms with van der Waals surface area (Å²) in [4.78, 5) is 19.4. The van der Waals surface area contributed by atoms with Crippen LogP contribution in [-0.4, -0.2) is 34.0 Å². The van der Waals surface area contributed by atoms with Crippen molar-refractivity contribution >= 4 is 58.0 Å². The van der Waals surface area contributed by atoms with Gasteiger partial charge in [-0.2, -0.15) is 4.98 Å². The van der Waals surface area contributed by atoms with Crippen molar-refractivity contribution in [3.8, 4) is 11.4 Å². The highest BCUT2D eigenvalue weighted by Crippen LogP contribution is 2.33. The first kappa shape index (κ1) is 22.4. The van der Waals surface area contributed by atoms with E-state index in [9.17, 15) is 4.79 Å². The lowest BCUT2D eigenvalue weighted by atomic mass is 9.97. The number of hydrogen-bond donors (Lipinski definition) is 1. The molecule has 1 unspecified atom stereocenters. The van der Waals surface area contributed by atoms with Crippen molar-refractivity contribution in [3.63, 3.8) is 0 Å². The van der Waals surface area contributed by atoms with Crippen LogP contribution in [0.4, 0.5) is 5.69 Å². The van der Waals surface area contributed by atoms with Crippen LogP contribution in [0.25, 0.3) is 11.4 Å². The number of likely N-dealkylation sites (tertiary alicyclic amines) is 1. The number of benzene rings is 2. The summed E-state index contributed by atoms with van der Waals surface area (Å²) in [5, 5.41) is 8.52. The Balaban J connectivity index is 1.39. The van der Waals surface area contributed by atoms with Crippen molar-refractivity contribution in [2.75, 3.05) is 18.4 Å². The van der Waals surface area contributed by atoms with Crippen LogP contribution in [0.3, 0.4) is 0 Å². The number of carbonyl (C=O) groups is 1. The van der Waals surface area contributed by atoms with E-state index in [1.807, 2.05) is 12.1 Å². The molecule has 1 N–H and O–H groups in total. The summed E-state index contributed by atoms with van der Waals surface area (Å²) >= 11 is 24.2. The average molecular weight is 500 g/mol. The summed E-state index contributed by atoms with van der Waals surface area (Å²) in [7, 11) is 0. The highest BCUT2D eigenvalue weighted by molar-refractivity contribution is 6.44. The average Bonchev–Trinajstić information content (AvgIpc) is 3.20. The van der Waals surface area contributed by atoms with Gasteiger partial charge in [0, 0.05) is 17.1 Å². The molecule has 1 aliphatic rings. The van der Waals surface area contributed by atoms with Gasteiger partial charge in [0.2, 0.25) is 17.6 Å². The van der Waals surface area contributed by atoms with Crippen LogP contribution in [0, 0.1) is 5.92 Å². The van der Waals surface area contributed by atoms with Gasteiger partial charge in [0.05, 0.1) is 33.2 Å². The van der Waals surface area contributed by atoms with E-state index in [-0.39, 0.29) is 11.8 Å². The first-order valence-corrected chi connectivity index (χ1v) is 11.2. The maximum Gasteiger partial charge on any atom is 0.241 e. The van der Waals surface area contributed by atoms with Crippen LogP contribution in [0.15, 0.2) is 40.9 Å². The molecule has 1 aliphatic heterocycles. The minimum atomic E-state index is -0.199. The topological polar surface area (TPSA) is 71.3 Å². The van der Waals surface area contributed by atoms with E-state index in [4.69, 9.17) is 50.9 Å². The lowest BCUT2D eigenvalue weighted by Gasteiger charge is -2.31. The molecule has 10 heteroatoms. The Bertz CT molecular complexity index is 1100. The summed E-state index contributed by atoms with van der Waals surface area (Å²) in [6, 6.07) is 10.3. The summed E-state index contributed by atoms with van der Waals surface area (Å²) in [6.45, 7) is 1.87. The monoisotopic (exact) mass is 498 g/mol. The summed E-state index contributed by atoms with van der Waals surface area (Å²) < 4.78 is 5.40. The van der Waals surface area contributed by atoms with Gasteiger partial charge in [0.1, 0.15) is 0 Å². The van der Waals surface area contributed by atoms with E-state index < -0.39 is 0 Å². The highest BCUT2D eigenvalue weighted by Gasteiger charge is 2.27. The maximum absolute atomic E-state index is 12.8. The number of carbonyl (C=O) groups excluding carboxylic acids is 1. The van der Waals surface area contributed by atoms with Gasteiger partial charge in [-0.1, -0.05) is 63.7 Å². The van der Waals surface area contributed by atoms with E-state index in [0.717, 1.165) is 24.9 Å². The van der Waals surface area contributed by atoms with Gasteiger partial charge in [-0.25, -0.2) is 0 Å². The Morgan fingerprint density at radius 3 is 2.74 bits per heavy atom. The second-order valence-corrected chi connectivity index (χ2v) is 8.99. The fourth-order valence-electron chi connectivity index (χ4n) is 3.52. The normalized spacial score (nSPS) is 17.0. The number of nitrogens with zero attached hydrogens (tertiary/aromatic N) is 3. The van der Waals surface area contributed by atoms with Crippen molar-refractivity contribution in [1.82, 2.24) is 15.0 Å².